The number of anilines is 1. The van der Waals surface area contributed by atoms with E-state index in [1.807, 2.05) is 12.1 Å². The number of thiocarbonyl (C=S) groups is 1. The van der Waals surface area contributed by atoms with Crippen LogP contribution < -0.4 is 5.32 Å². The molecule has 1 saturated heterocycles. The molecule has 0 radical (unpaired) electrons. The Morgan fingerprint density at radius 3 is 2.32 bits per heavy atom. The van der Waals surface area contributed by atoms with E-state index in [0.29, 0.717) is 12.2 Å². The van der Waals surface area contributed by atoms with E-state index < -0.39 is 0 Å². The predicted molar refractivity (Wildman–Crippen MR) is 93.3 cm³/mol. The number of hydrogen-bond donors (Lipinski definition) is 1. The van der Waals surface area contributed by atoms with Crippen molar-refractivity contribution in [3.63, 3.8) is 0 Å². The quantitative estimate of drug-likeness (QED) is 0.677. The molecule has 1 aromatic rings. The van der Waals surface area contributed by atoms with Crippen LogP contribution in [-0.2, 0) is 4.74 Å². The van der Waals surface area contributed by atoms with Crippen LogP contribution in [0.5, 0.6) is 0 Å². The molecular formula is C17H24N2O2S. The highest BCUT2D eigenvalue weighted by molar-refractivity contribution is 7.80. The first-order valence-corrected chi connectivity index (χ1v) is 8.44. The average Bonchev–Trinajstić information content (AvgIpc) is 2.47. The number of ether oxygens (including phenoxy) is 1. The van der Waals surface area contributed by atoms with Gasteiger partial charge < -0.3 is 15.0 Å². The van der Waals surface area contributed by atoms with Gasteiger partial charge in [0.05, 0.1) is 12.2 Å². The van der Waals surface area contributed by atoms with Gasteiger partial charge in [-0.05, 0) is 56.2 Å². The summed E-state index contributed by atoms with van der Waals surface area (Å²) >= 11 is 5.51. The smallest absolute Gasteiger partial charge is 0.338 e. The Bertz CT molecular complexity index is 494. The molecule has 0 amide bonds. The maximum atomic E-state index is 11.6. The second kappa shape index (κ2) is 8.73. The first kappa shape index (κ1) is 16.7. The molecule has 2 rings (SSSR count). The Balaban J connectivity index is 1.91. The molecule has 0 aromatic heterocycles. The number of hydrogen-bond acceptors (Lipinski definition) is 3. The molecule has 0 atom stereocenters. The van der Waals surface area contributed by atoms with Gasteiger partial charge in [-0.1, -0.05) is 19.3 Å². The van der Waals surface area contributed by atoms with Crippen molar-refractivity contribution in [2.45, 2.75) is 39.0 Å². The number of rotatable bonds is 3. The molecule has 0 aliphatic carbocycles. The lowest BCUT2D eigenvalue weighted by molar-refractivity contribution is 0.0526. The van der Waals surface area contributed by atoms with E-state index in [-0.39, 0.29) is 5.97 Å². The van der Waals surface area contributed by atoms with Crippen LogP contribution in [0.1, 0.15) is 49.4 Å². The van der Waals surface area contributed by atoms with Crippen molar-refractivity contribution in [1.29, 1.82) is 0 Å². The van der Waals surface area contributed by atoms with E-state index in [1.165, 1.54) is 32.1 Å². The minimum absolute atomic E-state index is 0.291. The number of nitrogens with one attached hydrogen (secondary N) is 1. The van der Waals surface area contributed by atoms with Gasteiger partial charge >= 0.3 is 5.97 Å². The Kier molecular flexibility index (Phi) is 6.65. The normalized spacial score (nSPS) is 15.6. The van der Waals surface area contributed by atoms with Crippen LogP contribution in [0.2, 0.25) is 0 Å². The molecule has 0 bridgehead atoms. The van der Waals surface area contributed by atoms with Crippen LogP contribution in [0.25, 0.3) is 0 Å². The Hall–Kier alpha value is -1.62. The first-order chi connectivity index (χ1) is 10.7. The molecule has 4 nitrogen and oxygen atoms in total. The average molecular weight is 320 g/mol. The molecule has 1 N–H and O–H groups in total. The summed E-state index contributed by atoms with van der Waals surface area (Å²) in [7, 11) is 0. The summed E-state index contributed by atoms with van der Waals surface area (Å²) < 4.78 is 4.98. The van der Waals surface area contributed by atoms with Crippen molar-refractivity contribution < 1.29 is 9.53 Å². The topological polar surface area (TPSA) is 41.6 Å². The SMILES string of the molecule is CCOC(=O)c1ccc(NC(=S)N2CCCCCCC2)cc1. The molecule has 1 heterocycles. The number of nitrogens with zero attached hydrogens (tertiary/aromatic N) is 1. The van der Waals surface area contributed by atoms with E-state index >= 15 is 0 Å². The maximum Gasteiger partial charge on any atom is 0.338 e. The highest BCUT2D eigenvalue weighted by Crippen LogP contribution is 2.14. The van der Waals surface area contributed by atoms with E-state index in [0.717, 1.165) is 23.9 Å². The summed E-state index contributed by atoms with van der Waals surface area (Å²) in [6.45, 7) is 4.23. The Labute approximate surface area is 137 Å². The predicted octanol–water partition coefficient (Wildman–Crippen LogP) is 3.83. The van der Waals surface area contributed by atoms with Gasteiger partial charge in [0.15, 0.2) is 5.11 Å². The third kappa shape index (κ3) is 4.98. The van der Waals surface area contributed by atoms with E-state index in [1.54, 1.807) is 19.1 Å². The molecule has 22 heavy (non-hydrogen) atoms. The third-order valence-electron chi connectivity index (χ3n) is 3.79. The summed E-state index contributed by atoms with van der Waals surface area (Å²) in [5.74, 6) is -0.291. The van der Waals surface area contributed by atoms with Gasteiger partial charge in [0.2, 0.25) is 0 Å². The summed E-state index contributed by atoms with van der Waals surface area (Å²) in [5.41, 5.74) is 1.46. The van der Waals surface area contributed by atoms with E-state index in [9.17, 15) is 4.79 Å². The van der Waals surface area contributed by atoms with Crippen LogP contribution in [-0.4, -0.2) is 35.7 Å². The monoisotopic (exact) mass is 320 g/mol. The van der Waals surface area contributed by atoms with Crippen LogP contribution in [0.4, 0.5) is 5.69 Å². The fourth-order valence-electron chi connectivity index (χ4n) is 2.56. The van der Waals surface area contributed by atoms with Gasteiger partial charge in [0, 0.05) is 18.8 Å². The molecule has 120 valence electrons. The minimum atomic E-state index is -0.291. The zero-order chi connectivity index (χ0) is 15.8. The number of carbonyl (C=O) groups excluding carboxylic acids is 1. The van der Waals surface area contributed by atoms with Gasteiger partial charge in [-0.2, -0.15) is 0 Å². The summed E-state index contributed by atoms with van der Waals surface area (Å²) in [4.78, 5) is 13.9. The first-order valence-electron chi connectivity index (χ1n) is 8.04. The highest BCUT2D eigenvalue weighted by atomic mass is 32.1. The lowest BCUT2D eigenvalue weighted by Crippen LogP contribution is -2.36. The maximum absolute atomic E-state index is 11.6. The number of esters is 1. The van der Waals surface area contributed by atoms with Crippen molar-refractivity contribution in [2.24, 2.45) is 0 Å². The summed E-state index contributed by atoms with van der Waals surface area (Å²) in [6, 6.07) is 7.25. The largest absolute Gasteiger partial charge is 0.462 e. The summed E-state index contributed by atoms with van der Waals surface area (Å²) in [5, 5.41) is 4.03. The molecule has 1 aromatic carbocycles. The van der Waals surface area contributed by atoms with Crippen LogP contribution in [0.3, 0.4) is 0 Å². The second-order valence-corrected chi connectivity index (χ2v) is 5.87. The van der Waals surface area contributed by atoms with Crippen molar-refractivity contribution >= 4 is 29.0 Å². The molecule has 1 fully saturated rings. The number of benzene rings is 1. The second-order valence-electron chi connectivity index (χ2n) is 5.48. The molecule has 0 spiro atoms. The minimum Gasteiger partial charge on any atom is -0.462 e. The zero-order valence-electron chi connectivity index (χ0n) is 13.1. The molecule has 0 unspecified atom stereocenters. The summed E-state index contributed by atoms with van der Waals surface area (Å²) in [6.07, 6.45) is 6.30. The van der Waals surface area contributed by atoms with E-state index in [2.05, 4.69) is 10.2 Å². The van der Waals surface area contributed by atoms with Crippen LogP contribution >= 0.6 is 12.2 Å². The standard InChI is InChI=1S/C17H24N2O2S/c1-2-21-16(20)14-8-10-15(11-9-14)18-17(22)19-12-6-4-3-5-7-13-19/h8-11H,2-7,12-13H2,1H3,(H,18,22). The lowest BCUT2D eigenvalue weighted by Gasteiger charge is -2.27. The Morgan fingerprint density at radius 2 is 1.73 bits per heavy atom. The lowest BCUT2D eigenvalue weighted by atomic mass is 10.1. The van der Waals surface area contributed by atoms with Crippen molar-refractivity contribution in [1.82, 2.24) is 4.90 Å². The van der Waals surface area contributed by atoms with Crippen LogP contribution in [0.15, 0.2) is 24.3 Å². The van der Waals surface area contributed by atoms with Gasteiger partial charge in [-0.15, -0.1) is 0 Å². The fourth-order valence-corrected chi connectivity index (χ4v) is 2.86. The zero-order valence-corrected chi connectivity index (χ0v) is 14.0. The van der Waals surface area contributed by atoms with Crippen LogP contribution in [0, 0.1) is 0 Å². The van der Waals surface area contributed by atoms with E-state index in [4.69, 9.17) is 17.0 Å². The molecule has 1 aliphatic rings. The van der Waals surface area contributed by atoms with Gasteiger partial charge in [-0.3, -0.25) is 0 Å². The molecule has 1 aliphatic heterocycles. The number of likely N-dealkylation sites (tertiary alicyclic amines) is 1. The van der Waals surface area contributed by atoms with Gasteiger partial charge in [-0.25, -0.2) is 4.79 Å². The molecule has 5 heteroatoms. The highest BCUT2D eigenvalue weighted by Gasteiger charge is 2.12. The Morgan fingerprint density at radius 1 is 1.14 bits per heavy atom. The molecule has 0 saturated carbocycles. The molecular weight excluding hydrogens is 296 g/mol. The van der Waals surface area contributed by atoms with Gasteiger partial charge in [0.25, 0.3) is 0 Å². The van der Waals surface area contributed by atoms with Crippen molar-refractivity contribution in [3.05, 3.63) is 29.8 Å². The van der Waals surface area contributed by atoms with Crippen molar-refractivity contribution in [2.75, 3.05) is 25.0 Å². The third-order valence-corrected chi connectivity index (χ3v) is 4.15. The van der Waals surface area contributed by atoms with Gasteiger partial charge in [0.1, 0.15) is 0 Å². The van der Waals surface area contributed by atoms with Crippen molar-refractivity contribution in [3.8, 4) is 0 Å². The number of carbonyl (C=O) groups is 1. The fraction of sp³-hybridized carbons (Fsp3) is 0.529.